The van der Waals surface area contributed by atoms with Gasteiger partial charge in [0.25, 0.3) is 5.91 Å². The number of aromatic nitrogens is 2. The molecule has 1 saturated heterocycles. The van der Waals surface area contributed by atoms with Crippen molar-refractivity contribution in [1.82, 2.24) is 19.4 Å². The molecule has 0 unspecified atom stereocenters. The summed E-state index contributed by atoms with van der Waals surface area (Å²) in [5, 5.41) is 6.89. The van der Waals surface area contributed by atoms with Crippen LogP contribution in [0.2, 0.25) is 0 Å². The van der Waals surface area contributed by atoms with Gasteiger partial charge in [0.15, 0.2) is 5.69 Å². The molecule has 27 heavy (non-hydrogen) atoms. The van der Waals surface area contributed by atoms with Crippen LogP contribution in [0.5, 0.6) is 0 Å². The van der Waals surface area contributed by atoms with Crippen LogP contribution in [0.25, 0.3) is 11.3 Å². The molecule has 0 saturated carbocycles. The first-order valence-electron chi connectivity index (χ1n) is 8.82. The summed E-state index contributed by atoms with van der Waals surface area (Å²) in [7, 11) is -1.63. The minimum Gasteiger partial charge on any atom is -0.379 e. The minimum atomic E-state index is -3.40. The number of hydrogen-bond donors (Lipinski definition) is 1. The molecule has 1 N–H and O–H groups in total. The Morgan fingerprint density at radius 1 is 1.22 bits per heavy atom. The summed E-state index contributed by atoms with van der Waals surface area (Å²) in [5.41, 5.74) is 3.20. The molecule has 3 rings (SSSR count). The Labute approximate surface area is 159 Å². The predicted octanol–water partition coefficient (Wildman–Crippen LogP) is 0.787. The van der Waals surface area contributed by atoms with E-state index in [1.807, 2.05) is 31.2 Å². The molecule has 0 spiro atoms. The highest BCUT2D eigenvalue weighted by atomic mass is 32.2. The van der Waals surface area contributed by atoms with Crippen LogP contribution in [-0.4, -0.2) is 67.0 Å². The lowest BCUT2D eigenvalue weighted by molar-refractivity contribution is 0.0730. The summed E-state index contributed by atoms with van der Waals surface area (Å²) in [4.78, 5) is 12.3. The molecule has 1 fully saturated rings. The predicted molar refractivity (Wildman–Crippen MR) is 102 cm³/mol. The average molecular weight is 392 g/mol. The molecule has 2 aromatic rings. The van der Waals surface area contributed by atoms with E-state index in [4.69, 9.17) is 4.74 Å². The first kappa shape index (κ1) is 19.5. The van der Waals surface area contributed by atoms with Crippen molar-refractivity contribution in [3.8, 4) is 11.3 Å². The number of sulfonamides is 1. The molecule has 9 heteroatoms. The van der Waals surface area contributed by atoms with Crippen LogP contribution in [0.3, 0.4) is 0 Å². The van der Waals surface area contributed by atoms with Gasteiger partial charge in [-0.1, -0.05) is 29.8 Å². The van der Waals surface area contributed by atoms with Crippen molar-refractivity contribution < 1.29 is 17.9 Å². The van der Waals surface area contributed by atoms with Crippen molar-refractivity contribution >= 4 is 15.9 Å². The number of ether oxygens (including phenoxy) is 1. The van der Waals surface area contributed by atoms with Crippen LogP contribution in [0.1, 0.15) is 16.1 Å². The molecule has 0 bridgehead atoms. The fourth-order valence-corrected chi connectivity index (χ4v) is 4.23. The van der Waals surface area contributed by atoms with E-state index in [9.17, 15) is 13.2 Å². The summed E-state index contributed by atoms with van der Waals surface area (Å²) >= 11 is 0. The molecule has 0 aliphatic carbocycles. The molecular formula is C18H24N4O4S. The largest absolute Gasteiger partial charge is 0.379 e. The fourth-order valence-electron chi connectivity index (χ4n) is 2.91. The number of carbonyl (C=O) groups is 1. The summed E-state index contributed by atoms with van der Waals surface area (Å²) in [6, 6.07) is 9.65. The van der Waals surface area contributed by atoms with Crippen molar-refractivity contribution in [2.75, 3.05) is 38.6 Å². The highest BCUT2D eigenvalue weighted by Gasteiger charge is 2.24. The monoisotopic (exact) mass is 392 g/mol. The Morgan fingerprint density at radius 3 is 2.56 bits per heavy atom. The third-order valence-electron chi connectivity index (χ3n) is 4.47. The summed E-state index contributed by atoms with van der Waals surface area (Å²) in [6.45, 7) is 3.57. The van der Waals surface area contributed by atoms with E-state index in [1.54, 1.807) is 17.8 Å². The van der Waals surface area contributed by atoms with Gasteiger partial charge in [-0.15, -0.1) is 0 Å². The number of amides is 1. The van der Waals surface area contributed by atoms with Crippen LogP contribution in [-0.2, 0) is 21.8 Å². The molecule has 1 amide bonds. The number of aryl methyl sites for hydroxylation is 2. The Bertz CT molecular complexity index is 900. The second-order valence-electron chi connectivity index (χ2n) is 6.49. The number of hydrogen-bond acceptors (Lipinski definition) is 5. The van der Waals surface area contributed by atoms with Crippen molar-refractivity contribution in [1.29, 1.82) is 0 Å². The van der Waals surface area contributed by atoms with Crippen LogP contribution in [0, 0.1) is 6.92 Å². The summed E-state index contributed by atoms with van der Waals surface area (Å²) in [5.74, 6) is -0.530. The van der Waals surface area contributed by atoms with Gasteiger partial charge in [-0.2, -0.15) is 9.40 Å². The topological polar surface area (TPSA) is 93.5 Å². The molecule has 146 valence electrons. The summed E-state index contributed by atoms with van der Waals surface area (Å²) < 4.78 is 32.8. The number of nitrogens with zero attached hydrogens (tertiary/aromatic N) is 3. The fraction of sp³-hybridized carbons (Fsp3) is 0.444. The maximum atomic E-state index is 12.3. The van der Waals surface area contributed by atoms with Gasteiger partial charge in [0.2, 0.25) is 10.0 Å². The van der Waals surface area contributed by atoms with Crippen LogP contribution >= 0.6 is 0 Å². The Kier molecular flexibility index (Phi) is 5.93. The summed E-state index contributed by atoms with van der Waals surface area (Å²) in [6.07, 6.45) is 0. The zero-order valence-electron chi connectivity index (χ0n) is 15.5. The zero-order valence-corrected chi connectivity index (χ0v) is 16.3. The normalized spacial score (nSPS) is 15.6. The first-order valence-corrected chi connectivity index (χ1v) is 10.4. The first-order chi connectivity index (χ1) is 12.9. The highest BCUT2D eigenvalue weighted by Crippen LogP contribution is 2.20. The number of nitrogens with one attached hydrogen (secondary N) is 1. The van der Waals surface area contributed by atoms with Gasteiger partial charge in [-0.25, -0.2) is 8.42 Å². The minimum absolute atomic E-state index is 0.0367. The van der Waals surface area contributed by atoms with Gasteiger partial charge in [-0.05, 0) is 18.6 Å². The number of carbonyl (C=O) groups excluding carboxylic acids is 1. The second-order valence-corrected chi connectivity index (χ2v) is 8.58. The van der Waals surface area contributed by atoms with Crippen molar-refractivity contribution in [2.24, 2.45) is 7.05 Å². The van der Waals surface area contributed by atoms with Crippen molar-refractivity contribution in [3.05, 3.63) is 41.6 Å². The lowest BCUT2D eigenvalue weighted by atomic mass is 10.1. The van der Waals surface area contributed by atoms with Crippen LogP contribution in [0.4, 0.5) is 0 Å². The molecule has 2 heterocycles. The second kappa shape index (κ2) is 8.20. The highest BCUT2D eigenvalue weighted by molar-refractivity contribution is 7.89. The number of morpholine rings is 1. The molecule has 1 aromatic heterocycles. The third kappa shape index (κ3) is 4.74. The van der Waals surface area contributed by atoms with Crippen molar-refractivity contribution in [3.63, 3.8) is 0 Å². The van der Waals surface area contributed by atoms with E-state index in [0.717, 1.165) is 16.8 Å². The third-order valence-corrected chi connectivity index (χ3v) is 6.34. The maximum absolute atomic E-state index is 12.3. The van der Waals surface area contributed by atoms with Gasteiger partial charge in [0.1, 0.15) is 0 Å². The Balaban J connectivity index is 1.60. The molecule has 1 aliphatic heterocycles. The van der Waals surface area contributed by atoms with E-state index in [0.29, 0.717) is 26.3 Å². The van der Waals surface area contributed by atoms with Gasteiger partial charge in [-0.3, -0.25) is 9.48 Å². The average Bonchev–Trinajstić information content (AvgIpc) is 3.05. The van der Waals surface area contributed by atoms with E-state index >= 15 is 0 Å². The molecular weight excluding hydrogens is 368 g/mol. The Hall–Kier alpha value is -2.23. The van der Waals surface area contributed by atoms with E-state index in [-0.39, 0.29) is 23.9 Å². The van der Waals surface area contributed by atoms with E-state index in [1.165, 1.54) is 4.31 Å². The van der Waals surface area contributed by atoms with Gasteiger partial charge in [0.05, 0.1) is 24.7 Å². The van der Waals surface area contributed by atoms with Gasteiger partial charge < -0.3 is 10.1 Å². The molecule has 8 nitrogen and oxygen atoms in total. The molecule has 1 aliphatic rings. The number of benzene rings is 1. The van der Waals surface area contributed by atoms with E-state index < -0.39 is 10.0 Å². The standard InChI is InChI=1S/C18H24N4O4S/c1-14-3-5-15(6-4-14)17-13-16(20-21(17)2)18(23)19-7-12-27(24,25)22-8-10-26-11-9-22/h3-6,13H,7-12H2,1-2H3,(H,19,23). The molecule has 0 atom stereocenters. The quantitative estimate of drug-likeness (QED) is 0.784. The van der Waals surface area contributed by atoms with Crippen molar-refractivity contribution in [2.45, 2.75) is 6.92 Å². The number of rotatable bonds is 6. The zero-order chi connectivity index (χ0) is 19.4. The maximum Gasteiger partial charge on any atom is 0.271 e. The smallest absolute Gasteiger partial charge is 0.271 e. The lowest BCUT2D eigenvalue weighted by Crippen LogP contribution is -2.43. The lowest BCUT2D eigenvalue weighted by Gasteiger charge is -2.25. The van der Waals surface area contributed by atoms with Gasteiger partial charge in [0, 0.05) is 26.7 Å². The SMILES string of the molecule is Cc1ccc(-c2cc(C(=O)NCCS(=O)(=O)N3CCOCC3)nn2C)cc1. The molecule has 1 aromatic carbocycles. The van der Waals surface area contributed by atoms with Crippen LogP contribution in [0.15, 0.2) is 30.3 Å². The van der Waals surface area contributed by atoms with E-state index in [2.05, 4.69) is 10.4 Å². The Morgan fingerprint density at radius 2 is 1.89 bits per heavy atom. The van der Waals surface area contributed by atoms with Gasteiger partial charge >= 0.3 is 0 Å². The van der Waals surface area contributed by atoms with Crippen LogP contribution < -0.4 is 5.32 Å². The molecule has 0 radical (unpaired) electrons.